The number of carbonyl (C=O) groups is 1. The van der Waals surface area contributed by atoms with Crippen molar-refractivity contribution in [3.05, 3.63) is 65.5 Å². The fraction of sp³-hybridized carbons (Fsp3) is 0.391. The standard InChI is InChI=1S/C23H29FN4O.HI/c1-4-25-22(27-15-23(2,3)18-10-6-7-11-19(18)24)26-14-16-13-21(29)28-20-12-8-5-9-17(16)20;/h5-12,16H,4,13-15H2,1-3H3,(H,28,29)(H2,25,26,27);1H. The molecule has 3 N–H and O–H groups in total. The lowest BCUT2D eigenvalue weighted by molar-refractivity contribution is -0.116. The van der Waals surface area contributed by atoms with Crippen LogP contribution in [-0.4, -0.2) is 31.5 Å². The van der Waals surface area contributed by atoms with E-state index in [1.165, 1.54) is 6.07 Å². The number of fused-ring (bicyclic) bond motifs is 1. The van der Waals surface area contributed by atoms with Gasteiger partial charge in [0.1, 0.15) is 5.82 Å². The van der Waals surface area contributed by atoms with Crippen molar-refractivity contribution in [2.45, 2.75) is 38.5 Å². The van der Waals surface area contributed by atoms with E-state index in [2.05, 4.69) is 20.9 Å². The summed E-state index contributed by atoms with van der Waals surface area (Å²) in [5, 5.41) is 9.52. The van der Waals surface area contributed by atoms with Crippen LogP contribution in [0.5, 0.6) is 0 Å². The molecule has 162 valence electrons. The van der Waals surface area contributed by atoms with Crippen molar-refractivity contribution in [3.8, 4) is 0 Å². The highest BCUT2D eigenvalue weighted by molar-refractivity contribution is 14.0. The SMILES string of the molecule is CCNC(=NCC(C)(C)c1ccccc1F)NCC1CC(=O)Nc2ccccc21.I. The van der Waals surface area contributed by atoms with Crippen LogP contribution in [0.4, 0.5) is 10.1 Å². The molecular weight excluding hydrogens is 494 g/mol. The third kappa shape index (κ3) is 5.93. The molecule has 1 unspecified atom stereocenters. The van der Waals surface area contributed by atoms with Gasteiger partial charge in [0.05, 0.1) is 6.54 Å². The lowest BCUT2D eigenvalue weighted by Gasteiger charge is -2.27. The van der Waals surface area contributed by atoms with Crippen LogP contribution in [-0.2, 0) is 10.2 Å². The van der Waals surface area contributed by atoms with Crippen molar-refractivity contribution >= 4 is 41.5 Å². The van der Waals surface area contributed by atoms with Crippen molar-refractivity contribution in [1.82, 2.24) is 10.6 Å². The predicted molar refractivity (Wildman–Crippen MR) is 131 cm³/mol. The molecule has 2 aromatic rings. The highest BCUT2D eigenvalue weighted by Crippen LogP contribution is 2.31. The minimum atomic E-state index is -0.439. The van der Waals surface area contributed by atoms with Crippen LogP contribution in [0.2, 0.25) is 0 Å². The monoisotopic (exact) mass is 524 g/mol. The molecule has 5 nitrogen and oxygen atoms in total. The second-order valence-corrected chi connectivity index (χ2v) is 7.98. The molecule has 1 aliphatic rings. The fourth-order valence-electron chi connectivity index (χ4n) is 3.62. The molecule has 2 aromatic carbocycles. The van der Waals surface area contributed by atoms with Gasteiger partial charge in [-0.05, 0) is 30.2 Å². The van der Waals surface area contributed by atoms with Crippen molar-refractivity contribution < 1.29 is 9.18 Å². The Labute approximate surface area is 195 Å². The summed E-state index contributed by atoms with van der Waals surface area (Å²) in [5.41, 5.74) is 2.21. The van der Waals surface area contributed by atoms with E-state index in [1.807, 2.05) is 57.2 Å². The minimum absolute atomic E-state index is 0. The van der Waals surface area contributed by atoms with Gasteiger partial charge in [0.25, 0.3) is 0 Å². The summed E-state index contributed by atoms with van der Waals surface area (Å²) in [7, 11) is 0. The Kier molecular flexibility index (Phi) is 8.64. The van der Waals surface area contributed by atoms with Gasteiger partial charge in [0.15, 0.2) is 5.96 Å². The average Bonchev–Trinajstić information content (AvgIpc) is 2.70. The molecule has 0 saturated heterocycles. The lowest BCUT2D eigenvalue weighted by atomic mass is 9.84. The molecule has 3 rings (SSSR count). The summed E-state index contributed by atoms with van der Waals surface area (Å²) in [6.45, 7) is 7.72. The number of anilines is 1. The summed E-state index contributed by atoms with van der Waals surface area (Å²) >= 11 is 0. The zero-order valence-corrected chi connectivity index (χ0v) is 20.0. The van der Waals surface area contributed by atoms with Crippen LogP contribution in [0.3, 0.4) is 0 Å². The zero-order chi connectivity index (χ0) is 20.9. The Hall–Kier alpha value is -2.16. The molecule has 0 radical (unpaired) electrons. The molecule has 0 aromatic heterocycles. The molecule has 0 fully saturated rings. The number of hydrogen-bond donors (Lipinski definition) is 3. The number of amides is 1. The van der Waals surface area contributed by atoms with Gasteiger partial charge >= 0.3 is 0 Å². The van der Waals surface area contributed by atoms with E-state index in [9.17, 15) is 9.18 Å². The van der Waals surface area contributed by atoms with E-state index in [1.54, 1.807) is 6.07 Å². The van der Waals surface area contributed by atoms with E-state index >= 15 is 0 Å². The second-order valence-electron chi connectivity index (χ2n) is 7.98. The lowest BCUT2D eigenvalue weighted by Crippen LogP contribution is -2.41. The highest BCUT2D eigenvalue weighted by Gasteiger charge is 2.26. The van der Waals surface area contributed by atoms with E-state index in [0.717, 1.165) is 11.3 Å². The molecule has 7 heteroatoms. The van der Waals surface area contributed by atoms with Gasteiger partial charge in [-0.2, -0.15) is 0 Å². The zero-order valence-electron chi connectivity index (χ0n) is 17.7. The minimum Gasteiger partial charge on any atom is -0.357 e. The van der Waals surface area contributed by atoms with Crippen LogP contribution < -0.4 is 16.0 Å². The first-order chi connectivity index (χ1) is 13.9. The number of carbonyl (C=O) groups excluding carboxylic acids is 1. The van der Waals surface area contributed by atoms with Gasteiger partial charge in [0.2, 0.25) is 5.91 Å². The Morgan fingerprint density at radius 1 is 1.17 bits per heavy atom. The van der Waals surface area contributed by atoms with E-state index in [0.29, 0.717) is 37.6 Å². The van der Waals surface area contributed by atoms with Crippen LogP contribution in [0.1, 0.15) is 44.2 Å². The Morgan fingerprint density at radius 2 is 1.87 bits per heavy atom. The molecular formula is C23H30FIN4O. The van der Waals surface area contributed by atoms with Gasteiger partial charge in [-0.3, -0.25) is 9.79 Å². The van der Waals surface area contributed by atoms with Crippen molar-refractivity contribution in [2.24, 2.45) is 4.99 Å². The number of benzene rings is 2. The van der Waals surface area contributed by atoms with Gasteiger partial charge in [0, 0.05) is 36.5 Å². The molecule has 30 heavy (non-hydrogen) atoms. The summed E-state index contributed by atoms with van der Waals surface area (Å²) in [6.07, 6.45) is 0.435. The largest absolute Gasteiger partial charge is 0.357 e. The van der Waals surface area contributed by atoms with Crippen LogP contribution in [0, 0.1) is 5.82 Å². The first-order valence-corrected chi connectivity index (χ1v) is 10.1. The number of nitrogens with one attached hydrogen (secondary N) is 3. The van der Waals surface area contributed by atoms with E-state index in [4.69, 9.17) is 0 Å². The molecule has 1 atom stereocenters. The summed E-state index contributed by atoms with van der Waals surface area (Å²) in [5.74, 6) is 0.553. The molecule has 1 amide bonds. The van der Waals surface area contributed by atoms with Crippen molar-refractivity contribution in [2.75, 3.05) is 25.0 Å². The molecule has 1 heterocycles. The predicted octanol–water partition coefficient (Wildman–Crippen LogP) is 4.40. The summed E-state index contributed by atoms with van der Waals surface area (Å²) in [4.78, 5) is 16.7. The Balaban J connectivity index is 0.00000320. The van der Waals surface area contributed by atoms with Gasteiger partial charge in [-0.25, -0.2) is 4.39 Å². The number of rotatable bonds is 6. The number of nitrogens with zero attached hydrogens (tertiary/aromatic N) is 1. The molecule has 0 spiro atoms. The smallest absolute Gasteiger partial charge is 0.225 e. The Morgan fingerprint density at radius 3 is 2.60 bits per heavy atom. The second kappa shape index (κ2) is 10.7. The molecule has 0 saturated carbocycles. The molecule has 0 aliphatic carbocycles. The Bertz CT molecular complexity index is 900. The number of aliphatic imine (C=N–C) groups is 1. The normalized spacial score (nSPS) is 16.2. The van der Waals surface area contributed by atoms with Crippen molar-refractivity contribution in [3.63, 3.8) is 0 Å². The maximum atomic E-state index is 14.2. The third-order valence-electron chi connectivity index (χ3n) is 5.20. The third-order valence-corrected chi connectivity index (χ3v) is 5.20. The van der Waals surface area contributed by atoms with Gasteiger partial charge in [-0.1, -0.05) is 50.2 Å². The van der Waals surface area contributed by atoms with Crippen molar-refractivity contribution in [1.29, 1.82) is 0 Å². The summed E-state index contributed by atoms with van der Waals surface area (Å²) < 4.78 is 14.2. The summed E-state index contributed by atoms with van der Waals surface area (Å²) in [6, 6.07) is 14.7. The maximum Gasteiger partial charge on any atom is 0.225 e. The maximum absolute atomic E-state index is 14.2. The molecule has 0 bridgehead atoms. The van der Waals surface area contributed by atoms with Crippen LogP contribution in [0.15, 0.2) is 53.5 Å². The highest BCUT2D eigenvalue weighted by atomic mass is 127. The van der Waals surface area contributed by atoms with E-state index in [-0.39, 0.29) is 41.6 Å². The fourth-order valence-corrected chi connectivity index (χ4v) is 3.62. The van der Waals surface area contributed by atoms with E-state index < -0.39 is 5.41 Å². The topological polar surface area (TPSA) is 65.5 Å². The van der Waals surface area contributed by atoms with Gasteiger partial charge < -0.3 is 16.0 Å². The number of halogens is 2. The quantitative estimate of drug-likeness (QED) is 0.298. The first kappa shape index (κ1) is 24.1. The number of hydrogen-bond acceptors (Lipinski definition) is 2. The average molecular weight is 524 g/mol. The van der Waals surface area contributed by atoms with Crippen LogP contribution in [0.25, 0.3) is 0 Å². The number of guanidine groups is 1. The van der Waals surface area contributed by atoms with Crippen LogP contribution >= 0.6 is 24.0 Å². The molecule has 1 aliphatic heterocycles. The number of para-hydroxylation sites is 1. The first-order valence-electron chi connectivity index (χ1n) is 10.1. The van der Waals surface area contributed by atoms with Gasteiger partial charge in [-0.15, -0.1) is 24.0 Å².